The minimum absolute atomic E-state index is 0.0100. The predicted octanol–water partition coefficient (Wildman–Crippen LogP) is 2.07. The van der Waals surface area contributed by atoms with E-state index in [9.17, 15) is 4.79 Å². The van der Waals surface area contributed by atoms with E-state index in [-0.39, 0.29) is 11.1 Å². The van der Waals surface area contributed by atoms with Crippen LogP contribution in [0.1, 0.15) is 31.2 Å². The van der Waals surface area contributed by atoms with E-state index in [0.29, 0.717) is 17.2 Å². The van der Waals surface area contributed by atoms with Crippen molar-refractivity contribution < 1.29 is 0 Å². The lowest BCUT2D eigenvalue weighted by atomic mass is 9.92. The number of nitrogens with one attached hydrogen (secondary N) is 1. The van der Waals surface area contributed by atoms with Crippen molar-refractivity contribution in [2.45, 2.75) is 37.8 Å². The largest absolute Gasteiger partial charge is 0.314 e. The monoisotopic (exact) mass is 332 g/mol. The molecule has 4 rings (SSSR count). The molecule has 0 amide bonds. The van der Waals surface area contributed by atoms with Crippen molar-refractivity contribution >= 4 is 17.2 Å². The van der Waals surface area contributed by atoms with E-state index in [1.165, 1.54) is 25.7 Å². The van der Waals surface area contributed by atoms with Gasteiger partial charge in [0.1, 0.15) is 5.65 Å². The van der Waals surface area contributed by atoms with Crippen molar-refractivity contribution in [1.82, 2.24) is 19.6 Å². The zero-order valence-corrected chi connectivity index (χ0v) is 13.9. The Bertz CT molecular complexity index is 782. The van der Waals surface area contributed by atoms with Gasteiger partial charge < -0.3 is 5.32 Å². The number of nitrogens with zero attached hydrogens (tertiary/aromatic N) is 3. The summed E-state index contributed by atoms with van der Waals surface area (Å²) in [5, 5.41) is 4.08. The molecule has 1 saturated heterocycles. The molecule has 1 aliphatic carbocycles. The minimum atomic E-state index is -0.0100. The van der Waals surface area contributed by atoms with E-state index < -0.39 is 0 Å². The average Bonchev–Trinajstić information content (AvgIpc) is 3.02. The SMILES string of the molecule is O=c1c(CN2CCNCC23CCCC3)cnc2ccc(Cl)cn12. The lowest BCUT2D eigenvalue weighted by Crippen LogP contribution is -2.59. The molecule has 23 heavy (non-hydrogen) atoms. The van der Waals surface area contributed by atoms with Crippen LogP contribution in [0.4, 0.5) is 0 Å². The zero-order chi connectivity index (χ0) is 15.9. The fourth-order valence-corrected chi connectivity index (χ4v) is 4.22. The van der Waals surface area contributed by atoms with Crippen molar-refractivity contribution in [3.63, 3.8) is 0 Å². The molecule has 1 N–H and O–H groups in total. The van der Waals surface area contributed by atoms with Gasteiger partial charge in [-0.3, -0.25) is 14.1 Å². The van der Waals surface area contributed by atoms with Gasteiger partial charge in [-0.05, 0) is 25.0 Å². The maximum atomic E-state index is 12.8. The van der Waals surface area contributed by atoms with Gasteiger partial charge in [-0.25, -0.2) is 4.98 Å². The summed E-state index contributed by atoms with van der Waals surface area (Å²) in [6.45, 7) is 3.66. The van der Waals surface area contributed by atoms with Crippen molar-refractivity contribution in [1.29, 1.82) is 0 Å². The number of piperazine rings is 1. The molecule has 0 bridgehead atoms. The fourth-order valence-electron chi connectivity index (χ4n) is 4.06. The maximum absolute atomic E-state index is 12.8. The summed E-state index contributed by atoms with van der Waals surface area (Å²) in [6.07, 6.45) is 8.38. The molecule has 1 aliphatic heterocycles. The lowest BCUT2D eigenvalue weighted by molar-refractivity contribution is 0.0567. The van der Waals surface area contributed by atoms with Crippen LogP contribution in [0.25, 0.3) is 5.65 Å². The maximum Gasteiger partial charge on any atom is 0.262 e. The van der Waals surface area contributed by atoms with Crippen molar-refractivity contribution in [3.05, 3.63) is 45.5 Å². The van der Waals surface area contributed by atoms with Crippen LogP contribution in [0, 0.1) is 0 Å². The summed E-state index contributed by atoms with van der Waals surface area (Å²) in [5.74, 6) is 0. The Morgan fingerprint density at radius 2 is 2.13 bits per heavy atom. The van der Waals surface area contributed by atoms with Gasteiger partial charge in [0.15, 0.2) is 0 Å². The normalized spacial score (nSPS) is 21.3. The third-order valence-electron chi connectivity index (χ3n) is 5.32. The highest BCUT2D eigenvalue weighted by molar-refractivity contribution is 6.30. The third kappa shape index (κ3) is 2.67. The van der Waals surface area contributed by atoms with Crippen molar-refractivity contribution in [2.75, 3.05) is 19.6 Å². The first-order valence-corrected chi connectivity index (χ1v) is 8.67. The number of hydrogen-bond acceptors (Lipinski definition) is 4. The molecule has 0 atom stereocenters. The number of halogens is 1. The van der Waals surface area contributed by atoms with Gasteiger partial charge in [0.05, 0.1) is 10.6 Å². The number of rotatable bonds is 2. The van der Waals surface area contributed by atoms with Crippen LogP contribution >= 0.6 is 11.6 Å². The molecule has 1 saturated carbocycles. The van der Waals surface area contributed by atoms with E-state index in [2.05, 4.69) is 15.2 Å². The first kappa shape index (κ1) is 15.1. The molecule has 6 heteroatoms. The molecule has 2 fully saturated rings. The van der Waals surface area contributed by atoms with Crippen LogP contribution in [0.3, 0.4) is 0 Å². The molecule has 0 aromatic carbocycles. The number of aromatic nitrogens is 2. The van der Waals surface area contributed by atoms with Crippen LogP contribution in [0.5, 0.6) is 0 Å². The summed E-state index contributed by atoms with van der Waals surface area (Å²) in [5.41, 5.74) is 1.60. The van der Waals surface area contributed by atoms with Crippen LogP contribution < -0.4 is 10.9 Å². The Balaban J connectivity index is 1.69. The Morgan fingerprint density at radius 3 is 2.96 bits per heavy atom. The molecule has 1 spiro atoms. The van der Waals surface area contributed by atoms with Crippen LogP contribution in [-0.2, 0) is 6.54 Å². The Labute approximate surface area is 140 Å². The Kier molecular flexibility index (Phi) is 3.87. The number of hydrogen-bond donors (Lipinski definition) is 1. The van der Waals surface area contributed by atoms with Crippen LogP contribution in [0.2, 0.25) is 5.02 Å². The molecule has 0 radical (unpaired) electrons. The van der Waals surface area contributed by atoms with E-state index in [0.717, 1.165) is 25.2 Å². The molecule has 3 heterocycles. The van der Waals surface area contributed by atoms with Gasteiger partial charge >= 0.3 is 0 Å². The van der Waals surface area contributed by atoms with Gasteiger partial charge in [-0.15, -0.1) is 0 Å². The van der Waals surface area contributed by atoms with Crippen molar-refractivity contribution in [3.8, 4) is 0 Å². The molecule has 5 nitrogen and oxygen atoms in total. The van der Waals surface area contributed by atoms with E-state index in [4.69, 9.17) is 11.6 Å². The first-order chi connectivity index (χ1) is 11.2. The average molecular weight is 333 g/mol. The third-order valence-corrected chi connectivity index (χ3v) is 5.54. The fraction of sp³-hybridized carbons (Fsp3) is 0.529. The molecule has 2 aliphatic rings. The lowest BCUT2D eigenvalue weighted by Gasteiger charge is -2.45. The van der Waals surface area contributed by atoms with Gasteiger partial charge in [0, 0.05) is 44.1 Å². The predicted molar refractivity (Wildman–Crippen MR) is 91.0 cm³/mol. The second kappa shape index (κ2) is 5.89. The van der Waals surface area contributed by atoms with E-state index in [1.807, 2.05) is 0 Å². The standard InChI is InChI=1S/C17H21ClN4O/c18-14-3-4-15-20-9-13(16(23)22(15)11-14)10-21-8-7-19-12-17(21)5-1-2-6-17/h3-4,9,11,19H,1-2,5-8,10,12H2. The van der Waals surface area contributed by atoms with Gasteiger partial charge in [0.2, 0.25) is 0 Å². The zero-order valence-electron chi connectivity index (χ0n) is 13.1. The summed E-state index contributed by atoms with van der Waals surface area (Å²) >= 11 is 6.03. The van der Waals surface area contributed by atoms with Crippen LogP contribution in [-0.4, -0.2) is 39.5 Å². The quantitative estimate of drug-likeness (QED) is 0.914. The van der Waals surface area contributed by atoms with E-state index >= 15 is 0 Å². The molecule has 122 valence electrons. The first-order valence-electron chi connectivity index (χ1n) is 8.30. The highest BCUT2D eigenvalue weighted by Crippen LogP contribution is 2.36. The summed E-state index contributed by atoms with van der Waals surface area (Å²) in [7, 11) is 0. The molecular formula is C17H21ClN4O. The molecule has 0 unspecified atom stereocenters. The van der Waals surface area contributed by atoms with Crippen LogP contribution in [0.15, 0.2) is 29.3 Å². The van der Waals surface area contributed by atoms with Gasteiger partial charge in [-0.2, -0.15) is 0 Å². The minimum Gasteiger partial charge on any atom is -0.314 e. The highest BCUT2D eigenvalue weighted by Gasteiger charge is 2.41. The Hall–Kier alpha value is -1.43. The van der Waals surface area contributed by atoms with Crippen molar-refractivity contribution in [2.24, 2.45) is 0 Å². The topological polar surface area (TPSA) is 49.6 Å². The van der Waals surface area contributed by atoms with Gasteiger partial charge in [0.25, 0.3) is 5.56 Å². The second-order valence-corrected chi connectivity index (χ2v) is 7.13. The molecular weight excluding hydrogens is 312 g/mol. The highest BCUT2D eigenvalue weighted by atomic mass is 35.5. The second-order valence-electron chi connectivity index (χ2n) is 6.69. The molecule has 2 aromatic heterocycles. The number of fused-ring (bicyclic) bond motifs is 1. The Morgan fingerprint density at radius 1 is 1.30 bits per heavy atom. The number of pyridine rings is 1. The molecule has 2 aromatic rings. The summed E-state index contributed by atoms with van der Waals surface area (Å²) in [4.78, 5) is 19.7. The van der Waals surface area contributed by atoms with Gasteiger partial charge in [-0.1, -0.05) is 24.4 Å². The smallest absolute Gasteiger partial charge is 0.262 e. The summed E-state index contributed by atoms with van der Waals surface area (Å²) in [6, 6.07) is 3.53. The summed E-state index contributed by atoms with van der Waals surface area (Å²) < 4.78 is 1.56. The van der Waals surface area contributed by atoms with E-state index in [1.54, 1.807) is 28.9 Å².